The normalized spacial score (nSPS) is 22.1. The van der Waals surface area contributed by atoms with Crippen molar-refractivity contribution < 1.29 is 19.7 Å². The lowest BCUT2D eigenvalue weighted by Gasteiger charge is -2.54. The number of aliphatic hydroxyl groups excluding tert-OH is 2. The summed E-state index contributed by atoms with van der Waals surface area (Å²) in [5.41, 5.74) is -0.348. The molecule has 1 heterocycles. The molecule has 2 N–H and O–H groups in total. The van der Waals surface area contributed by atoms with Gasteiger partial charge >= 0.3 is 0 Å². The van der Waals surface area contributed by atoms with Gasteiger partial charge in [0, 0.05) is 17.6 Å². The lowest BCUT2D eigenvalue weighted by Crippen LogP contribution is -2.63. The van der Waals surface area contributed by atoms with E-state index < -0.39 is 6.10 Å². The van der Waals surface area contributed by atoms with E-state index in [2.05, 4.69) is 32.6 Å². The summed E-state index contributed by atoms with van der Waals surface area (Å²) in [5, 5.41) is 20.6. The third kappa shape index (κ3) is 4.41. The number of para-hydroxylation sites is 2. The van der Waals surface area contributed by atoms with Gasteiger partial charge in [0.05, 0.1) is 13.2 Å². The van der Waals surface area contributed by atoms with Gasteiger partial charge in [-0.05, 0) is 52.7 Å². The highest BCUT2D eigenvalue weighted by molar-refractivity contribution is 5.39. The van der Waals surface area contributed by atoms with Crippen LogP contribution in [0.15, 0.2) is 24.3 Å². The molecule has 0 saturated carbocycles. The average molecular weight is 337 g/mol. The van der Waals surface area contributed by atoms with Gasteiger partial charge in [-0.2, -0.15) is 0 Å². The van der Waals surface area contributed by atoms with E-state index in [1.165, 1.54) is 0 Å². The van der Waals surface area contributed by atoms with Crippen molar-refractivity contribution in [1.82, 2.24) is 4.90 Å². The van der Waals surface area contributed by atoms with Crippen LogP contribution in [-0.2, 0) is 0 Å². The minimum absolute atomic E-state index is 0.174. The fraction of sp³-hybridized carbons (Fsp3) is 0.684. The van der Waals surface area contributed by atoms with Crippen molar-refractivity contribution in [2.75, 3.05) is 20.3 Å². The maximum absolute atomic E-state index is 10.5. The zero-order valence-electron chi connectivity index (χ0n) is 15.5. The van der Waals surface area contributed by atoms with Crippen molar-refractivity contribution in [1.29, 1.82) is 0 Å². The Morgan fingerprint density at radius 1 is 1.12 bits per heavy atom. The molecule has 1 aliphatic rings. The molecule has 0 spiro atoms. The second-order valence-corrected chi connectivity index (χ2v) is 7.91. The third-order valence-electron chi connectivity index (χ3n) is 4.83. The van der Waals surface area contributed by atoms with E-state index in [1.807, 2.05) is 24.3 Å². The minimum atomic E-state index is -0.622. The molecule has 1 fully saturated rings. The monoisotopic (exact) mass is 337 g/mol. The van der Waals surface area contributed by atoms with Crippen LogP contribution in [-0.4, -0.2) is 58.7 Å². The van der Waals surface area contributed by atoms with Crippen molar-refractivity contribution in [3.63, 3.8) is 0 Å². The molecule has 1 saturated heterocycles. The van der Waals surface area contributed by atoms with Gasteiger partial charge in [0.1, 0.15) is 12.7 Å². The molecule has 0 aliphatic carbocycles. The standard InChI is InChI=1S/C19H31NO4/c1-18(2)10-14(21)11-19(3,4)20(18)12-15(22)13-24-17-9-7-6-8-16(17)23-5/h6-9,14-15,21-22H,10-13H2,1-5H3. The van der Waals surface area contributed by atoms with Crippen molar-refractivity contribution in [3.8, 4) is 11.5 Å². The molecule has 1 aromatic carbocycles. The number of aliphatic hydroxyl groups is 2. The van der Waals surface area contributed by atoms with E-state index in [0.717, 1.165) is 0 Å². The zero-order chi connectivity index (χ0) is 18.0. The highest BCUT2D eigenvalue weighted by atomic mass is 16.5. The number of benzene rings is 1. The van der Waals surface area contributed by atoms with Gasteiger partial charge in [0.15, 0.2) is 11.5 Å². The number of nitrogens with zero attached hydrogens (tertiary/aromatic N) is 1. The molecule has 5 heteroatoms. The number of hydrogen-bond donors (Lipinski definition) is 2. The summed E-state index contributed by atoms with van der Waals surface area (Å²) in [7, 11) is 1.60. The molecule has 0 radical (unpaired) electrons. The molecular weight excluding hydrogens is 306 g/mol. The number of rotatable bonds is 6. The molecular formula is C19H31NO4. The number of ether oxygens (including phenoxy) is 2. The first-order valence-corrected chi connectivity index (χ1v) is 8.55. The van der Waals surface area contributed by atoms with Crippen molar-refractivity contribution in [3.05, 3.63) is 24.3 Å². The van der Waals surface area contributed by atoms with Gasteiger partial charge in [0.25, 0.3) is 0 Å². The Kier molecular flexibility index (Phi) is 5.78. The first-order chi connectivity index (χ1) is 11.2. The van der Waals surface area contributed by atoms with Gasteiger partial charge in [0.2, 0.25) is 0 Å². The summed E-state index contributed by atoms with van der Waals surface area (Å²) in [6.07, 6.45) is 0.490. The van der Waals surface area contributed by atoms with Crippen LogP contribution in [0.4, 0.5) is 0 Å². The number of methoxy groups -OCH3 is 1. The lowest BCUT2D eigenvalue weighted by atomic mass is 9.78. The van der Waals surface area contributed by atoms with Crippen LogP contribution < -0.4 is 9.47 Å². The summed E-state index contributed by atoms with van der Waals surface area (Å²) < 4.78 is 11.0. The second-order valence-electron chi connectivity index (χ2n) is 7.91. The van der Waals surface area contributed by atoms with Crippen LogP contribution in [0.1, 0.15) is 40.5 Å². The molecule has 1 aromatic rings. The fourth-order valence-electron chi connectivity index (χ4n) is 3.95. The van der Waals surface area contributed by atoms with Crippen LogP contribution in [0.2, 0.25) is 0 Å². The Labute approximate surface area is 145 Å². The van der Waals surface area contributed by atoms with E-state index in [4.69, 9.17) is 9.47 Å². The van der Waals surface area contributed by atoms with Gasteiger partial charge in [-0.3, -0.25) is 4.90 Å². The van der Waals surface area contributed by atoms with E-state index in [1.54, 1.807) is 7.11 Å². The highest BCUT2D eigenvalue weighted by Gasteiger charge is 2.45. The fourth-order valence-corrected chi connectivity index (χ4v) is 3.95. The topological polar surface area (TPSA) is 62.2 Å². The summed E-state index contributed by atoms with van der Waals surface area (Å²) in [4.78, 5) is 2.28. The van der Waals surface area contributed by atoms with E-state index in [9.17, 15) is 10.2 Å². The molecule has 0 bridgehead atoms. The molecule has 1 atom stereocenters. The summed E-state index contributed by atoms with van der Waals surface area (Å²) >= 11 is 0. The maximum Gasteiger partial charge on any atom is 0.161 e. The molecule has 1 aliphatic heterocycles. The minimum Gasteiger partial charge on any atom is -0.493 e. The number of likely N-dealkylation sites (tertiary alicyclic amines) is 1. The van der Waals surface area contributed by atoms with Crippen molar-refractivity contribution >= 4 is 0 Å². The van der Waals surface area contributed by atoms with Crippen LogP contribution in [0.3, 0.4) is 0 Å². The SMILES string of the molecule is COc1ccccc1OCC(O)CN1C(C)(C)CC(O)CC1(C)C. The summed E-state index contributed by atoms with van der Waals surface area (Å²) in [6, 6.07) is 7.42. The Bertz CT molecular complexity index is 526. The van der Waals surface area contributed by atoms with Gasteiger partial charge < -0.3 is 19.7 Å². The summed E-state index contributed by atoms with van der Waals surface area (Å²) in [5.74, 6) is 1.29. The molecule has 1 unspecified atom stereocenters. The van der Waals surface area contributed by atoms with Crippen LogP contribution >= 0.6 is 0 Å². The van der Waals surface area contributed by atoms with Gasteiger partial charge in [-0.1, -0.05) is 12.1 Å². The molecule has 0 aromatic heterocycles. The predicted octanol–water partition coefficient (Wildman–Crippen LogP) is 2.45. The number of β-amino-alcohol motifs (C(OH)–C–C–N with tert-alkyl or cyclic N) is 1. The first kappa shape index (κ1) is 19.0. The first-order valence-electron chi connectivity index (χ1n) is 8.55. The second kappa shape index (κ2) is 7.30. The molecule has 136 valence electrons. The van der Waals surface area contributed by atoms with Crippen LogP contribution in [0.5, 0.6) is 11.5 Å². The Morgan fingerprint density at radius 3 is 2.21 bits per heavy atom. The van der Waals surface area contributed by atoms with Crippen molar-refractivity contribution in [2.45, 2.75) is 63.8 Å². The number of piperidine rings is 1. The lowest BCUT2D eigenvalue weighted by molar-refractivity contribution is -0.100. The maximum atomic E-state index is 10.5. The van der Waals surface area contributed by atoms with E-state index in [-0.39, 0.29) is 23.8 Å². The molecule has 0 amide bonds. The van der Waals surface area contributed by atoms with Crippen LogP contribution in [0.25, 0.3) is 0 Å². The molecule has 2 rings (SSSR count). The third-order valence-corrected chi connectivity index (χ3v) is 4.83. The van der Waals surface area contributed by atoms with Crippen LogP contribution in [0, 0.1) is 0 Å². The summed E-state index contributed by atoms with van der Waals surface area (Å²) in [6.45, 7) is 9.17. The van der Waals surface area contributed by atoms with E-state index in [0.29, 0.717) is 30.9 Å². The zero-order valence-corrected chi connectivity index (χ0v) is 15.5. The number of hydrogen-bond acceptors (Lipinski definition) is 5. The largest absolute Gasteiger partial charge is 0.493 e. The Balaban J connectivity index is 1.99. The predicted molar refractivity (Wildman–Crippen MR) is 94.6 cm³/mol. The quantitative estimate of drug-likeness (QED) is 0.835. The van der Waals surface area contributed by atoms with Crippen molar-refractivity contribution in [2.24, 2.45) is 0 Å². The molecule has 24 heavy (non-hydrogen) atoms. The Hall–Kier alpha value is -1.30. The molecule has 5 nitrogen and oxygen atoms in total. The van der Waals surface area contributed by atoms with E-state index >= 15 is 0 Å². The Morgan fingerprint density at radius 2 is 1.67 bits per heavy atom. The smallest absolute Gasteiger partial charge is 0.161 e. The van der Waals surface area contributed by atoms with Gasteiger partial charge in [-0.25, -0.2) is 0 Å². The highest BCUT2D eigenvalue weighted by Crippen LogP contribution is 2.38. The average Bonchev–Trinajstić information content (AvgIpc) is 2.48. The van der Waals surface area contributed by atoms with Gasteiger partial charge in [-0.15, -0.1) is 0 Å².